The second kappa shape index (κ2) is 2.50. The molecule has 0 bridgehead atoms. The molecule has 11 heavy (non-hydrogen) atoms. The maximum Gasteiger partial charge on any atom is -0.0326 e. The van der Waals surface area contributed by atoms with Crippen LogP contribution in [-0.2, 0) is 0 Å². The van der Waals surface area contributed by atoms with Gasteiger partial charge in [0.1, 0.15) is 0 Å². The lowest BCUT2D eigenvalue weighted by Gasteiger charge is -2.14. The molecule has 2 aliphatic rings. The van der Waals surface area contributed by atoms with Crippen LogP contribution in [0.5, 0.6) is 0 Å². The SMILES string of the molecule is CC1CCCC1C1C(C)C1C. The smallest absolute Gasteiger partial charge is 0.0326 e. The summed E-state index contributed by atoms with van der Waals surface area (Å²) in [5, 5.41) is 0. The third-order valence-corrected chi connectivity index (χ3v) is 4.32. The van der Waals surface area contributed by atoms with Crippen molar-refractivity contribution in [1.82, 2.24) is 0 Å². The zero-order valence-corrected chi connectivity index (χ0v) is 8.01. The van der Waals surface area contributed by atoms with Gasteiger partial charge in [-0.25, -0.2) is 0 Å². The van der Waals surface area contributed by atoms with Gasteiger partial charge in [0.15, 0.2) is 0 Å². The Labute approximate surface area is 70.4 Å². The zero-order valence-electron chi connectivity index (χ0n) is 8.01. The summed E-state index contributed by atoms with van der Waals surface area (Å²) in [5.74, 6) is 5.32. The fourth-order valence-corrected chi connectivity index (χ4v) is 3.23. The summed E-state index contributed by atoms with van der Waals surface area (Å²) in [5.41, 5.74) is 0. The lowest BCUT2D eigenvalue weighted by molar-refractivity contribution is 0.348. The Morgan fingerprint density at radius 1 is 0.909 bits per heavy atom. The first kappa shape index (κ1) is 7.64. The van der Waals surface area contributed by atoms with E-state index in [0.29, 0.717) is 0 Å². The van der Waals surface area contributed by atoms with Gasteiger partial charge in [0.05, 0.1) is 0 Å². The van der Waals surface area contributed by atoms with Gasteiger partial charge >= 0.3 is 0 Å². The van der Waals surface area contributed by atoms with Crippen LogP contribution < -0.4 is 0 Å². The van der Waals surface area contributed by atoms with E-state index in [0.717, 1.165) is 29.6 Å². The predicted molar refractivity (Wildman–Crippen MR) is 48.3 cm³/mol. The van der Waals surface area contributed by atoms with Crippen molar-refractivity contribution in [2.24, 2.45) is 29.6 Å². The minimum absolute atomic E-state index is 1.03. The maximum absolute atomic E-state index is 2.45. The first-order valence-corrected chi connectivity index (χ1v) is 5.22. The largest absolute Gasteiger partial charge is 0.0622 e. The number of hydrogen-bond acceptors (Lipinski definition) is 0. The van der Waals surface area contributed by atoms with Crippen LogP contribution in [0.4, 0.5) is 0 Å². The van der Waals surface area contributed by atoms with Crippen molar-refractivity contribution >= 4 is 0 Å². The Balaban J connectivity index is 1.96. The lowest BCUT2D eigenvalue weighted by Crippen LogP contribution is -2.07. The van der Waals surface area contributed by atoms with E-state index >= 15 is 0 Å². The number of hydrogen-bond donors (Lipinski definition) is 0. The maximum atomic E-state index is 2.45. The summed E-state index contributed by atoms with van der Waals surface area (Å²) in [6.07, 6.45) is 4.53. The Bertz CT molecular complexity index is 142. The molecule has 2 rings (SSSR count). The van der Waals surface area contributed by atoms with Crippen LogP contribution in [0.3, 0.4) is 0 Å². The number of rotatable bonds is 1. The summed E-state index contributed by atoms with van der Waals surface area (Å²) in [6.45, 7) is 7.32. The molecule has 4 atom stereocenters. The molecule has 0 N–H and O–H groups in total. The summed E-state index contributed by atoms with van der Waals surface area (Å²) in [4.78, 5) is 0. The van der Waals surface area contributed by atoms with Crippen LogP contribution in [0.1, 0.15) is 40.0 Å². The second-order valence-corrected chi connectivity index (χ2v) is 4.87. The van der Waals surface area contributed by atoms with Crippen molar-refractivity contribution in [3.8, 4) is 0 Å². The van der Waals surface area contributed by atoms with Crippen molar-refractivity contribution in [2.75, 3.05) is 0 Å². The molecule has 0 heterocycles. The average Bonchev–Trinajstić information content (AvgIpc) is 2.44. The van der Waals surface area contributed by atoms with Crippen LogP contribution in [0, 0.1) is 29.6 Å². The molecule has 4 unspecified atom stereocenters. The van der Waals surface area contributed by atoms with E-state index in [9.17, 15) is 0 Å². The van der Waals surface area contributed by atoms with Crippen LogP contribution >= 0.6 is 0 Å². The van der Waals surface area contributed by atoms with Gasteiger partial charge in [-0.05, 0) is 36.0 Å². The van der Waals surface area contributed by atoms with E-state index in [1.807, 2.05) is 0 Å². The van der Waals surface area contributed by atoms with Crippen molar-refractivity contribution in [3.05, 3.63) is 0 Å². The summed E-state index contributed by atoms with van der Waals surface area (Å²) >= 11 is 0. The molecule has 0 aromatic rings. The Kier molecular flexibility index (Phi) is 1.74. The molecule has 0 radical (unpaired) electrons. The van der Waals surface area contributed by atoms with Gasteiger partial charge in [0.25, 0.3) is 0 Å². The molecular formula is C11H20. The van der Waals surface area contributed by atoms with Crippen molar-refractivity contribution in [2.45, 2.75) is 40.0 Å². The molecule has 0 aromatic carbocycles. The van der Waals surface area contributed by atoms with E-state index in [1.54, 1.807) is 0 Å². The minimum atomic E-state index is 1.03. The third-order valence-electron chi connectivity index (χ3n) is 4.32. The fraction of sp³-hybridized carbons (Fsp3) is 1.00. The summed E-state index contributed by atoms with van der Waals surface area (Å²) in [6, 6.07) is 0. The van der Waals surface area contributed by atoms with Gasteiger partial charge in [-0.2, -0.15) is 0 Å². The molecule has 2 aliphatic carbocycles. The summed E-state index contributed by atoms with van der Waals surface area (Å²) in [7, 11) is 0. The van der Waals surface area contributed by atoms with Gasteiger partial charge in [-0.3, -0.25) is 0 Å². The van der Waals surface area contributed by atoms with Crippen LogP contribution in [0.2, 0.25) is 0 Å². The van der Waals surface area contributed by atoms with Gasteiger partial charge in [-0.1, -0.05) is 33.6 Å². The Morgan fingerprint density at radius 3 is 1.91 bits per heavy atom. The van der Waals surface area contributed by atoms with Gasteiger partial charge in [0, 0.05) is 0 Å². The third kappa shape index (κ3) is 1.11. The Hall–Kier alpha value is 0. The van der Waals surface area contributed by atoms with Crippen molar-refractivity contribution < 1.29 is 0 Å². The van der Waals surface area contributed by atoms with E-state index < -0.39 is 0 Å². The topological polar surface area (TPSA) is 0 Å². The molecular weight excluding hydrogens is 132 g/mol. The highest BCUT2D eigenvalue weighted by molar-refractivity contribution is 4.98. The highest BCUT2D eigenvalue weighted by atomic mass is 14.5. The normalized spacial score (nSPS) is 56.5. The van der Waals surface area contributed by atoms with E-state index in [4.69, 9.17) is 0 Å². The van der Waals surface area contributed by atoms with Crippen molar-refractivity contribution in [1.29, 1.82) is 0 Å². The quantitative estimate of drug-likeness (QED) is 0.540. The molecule has 0 aromatic heterocycles. The van der Waals surface area contributed by atoms with Crippen molar-refractivity contribution in [3.63, 3.8) is 0 Å². The lowest BCUT2D eigenvalue weighted by atomic mass is 9.91. The fourth-order valence-electron chi connectivity index (χ4n) is 3.23. The van der Waals surface area contributed by atoms with E-state index in [2.05, 4.69) is 20.8 Å². The summed E-state index contributed by atoms with van der Waals surface area (Å²) < 4.78 is 0. The van der Waals surface area contributed by atoms with Crippen LogP contribution in [0.15, 0.2) is 0 Å². The van der Waals surface area contributed by atoms with E-state index in [1.165, 1.54) is 19.3 Å². The zero-order chi connectivity index (χ0) is 8.01. The van der Waals surface area contributed by atoms with Gasteiger partial charge in [-0.15, -0.1) is 0 Å². The van der Waals surface area contributed by atoms with Gasteiger partial charge in [0.2, 0.25) is 0 Å². The minimum Gasteiger partial charge on any atom is -0.0622 e. The predicted octanol–water partition coefficient (Wildman–Crippen LogP) is 3.32. The highest BCUT2D eigenvalue weighted by Gasteiger charge is 2.49. The molecule has 0 spiro atoms. The second-order valence-electron chi connectivity index (χ2n) is 4.87. The first-order valence-electron chi connectivity index (χ1n) is 5.22. The average molecular weight is 152 g/mol. The standard InChI is InChI=1S/C11H20/c1-7-5-4-6-10(7)11-8(2)9(11)3/h7-11H,4-6H2,1-3H3. The monoisotopic (exact) mass is 152 g/mol. The molecule has 64 valence electrons. The Morgan fingerprint density at radius 2 is 1.55 bits per heavy atom. The van der Waals surface area contributed by atoms with Crippen LogP contribution in [-0.4, -0.2) is 0 Å². The van der Waals surface area contributed by atoms with Gasteiger partial charge < -0.3 is 0 Å². The molecule has 0 nitrogen and oxygen atoms in total. The van der Waals surface area contributed by atoms with Crippen LogP contribution in [0.25, 0.3) is 0 Å². The first-order chi connectivity index (χ1) is 5.22. The van der Waals surface area contributed by atoms with E-state index in [-0.39, 0.29) is 0 Å². The molecule has 2 saturated carbocycles. The molecule has 0 aliphatic heterocycles. The molecule has 2 fully saturated rings. The highest BCUT2D eigenvalue weighted by Crippen LogP contribution is 2.56. The molecule has 0 heteroatoms. The molecule has 0 amide bonds. The molecule has 0 saturated heterocycles.